The van der Waals surface area contributed by atoms with Crippen LogP contribution in [0.5, 0.6) is 11.5 Å². The molecule has 1 aliphatic heterocycles. The van der Waals surface area contributed by atoms with Gasteiger partial charge in [0.2, 0.25) is 6.29 Å². The van der Waals surface area contributed by atoms with Crippen LogP contribution in [0.25, 0.3) is 21.7 Å². The first-order valence-corrected chi connectivity index (χ1v) is 9.37. The maximum Gasteiger partial charge on any atom is 0.344 e. The number of ether oxygens (including phenoxy) is 3. The van der Waals surface area contributed by atoms with E-state index < -0.39 is 42.9 Å². The number of fused-ring (bicyclic) bond motifs is 3. The maximum atomic E-state index is 12.5. The summed E-state index contributed by atoms with van der Waals surface area (Å²) in [7, 11) is 1.53. The van der Waals surface area contributed by atoms with Crippen LogP contribution in [0.1, 0.15) is 5.56 Å². The molecule has 0 aliphatic carbocycles. The van der Waals surface area contributed by atoms with Gasteiger partial charge in [-0.1, -0.05) is 0 Å². The SMILES string of the molecule is COc1ccc2c(=O)oc3c(C)c(O[C@@H]4O[C@H](CO)[C@@H](O)[C@H](O)[C@H]4O)ccc3c2c1. The Hall–Kier alpha value is -2.69. The van der Waals surface area contributed by atoms with E-state index >= 15 is 0 Å². The predicted molar refractivity (Wildman–Crippen MR) is 106 cm³/mol. The van der Waals surface area contributed by atoms with Crippen molar-refractivity contribution in [2.45, 2.75) is 37.6 Å². The molecule has 1 aliphatic rings. The second kappa shape index (κ2) is 7.86. The van der Waals surface area contributed by atoms with Gasteiger partial charge in [-0.05, 0) is 37.3 Å². The lowest BCUT2D eigenvalue weighted by Gasteiger charge is -2.39. The lowest BCUT2D eigenvalue weighted by atomic mass is 9.99. The van der Waals surface area contributed by atoms with E-state index in [0.29, 0.717) is 33.1 Å². The molecule has 0 amide bonds. The molecule has 4 N–H and O–H groups in total. The zero-order valence-corrected chi connectivity index (χ0v) is 16.3. The molecule has 0 bridgehead atoms. The van der Waals surface area contributed by atoms with Crippen molar-refractivity contribution in [2.75, 3.05) is 13.7 Å². The number of hydrogen-bond acceptors (Lipinski definition) is 9. The number of aryl methyl sites for hydroxylation is 1. The van der Waals surface area contributed by atoms with Crippen LogP contribution in [0.2, 0.25) is 0 Å². The Labute approximate surface area is 170 Å². The van der Waals surface area contributed by atoms with Gasteiger partial charge in [-0.25, -0.2) is 4.79 Å². The molecule has 0 unspecified atom stereocenters. The minimum Gasteiger partial charge on any atom is -0.497 e. The summed E-state index contributed by atoms with van der Waals surface area (Å²) in [5.41, 5.74) is 0.252. The molecular weight excluding hydrogens is 396 g/mol. The van der Waals surface area contributed by atoms with Gasteiger partial charge in [0.05, 0.1) is 19.1 Å². The molecule has 2 aromatic carbocycles. The van der Waals surface area contributed by atoms with Crippen molar-refractivity contribution in [1.29, 1.82) is 0 Å². The lowest BCUT2D eigenvalue weighted by molar-refractivity contribution is -0.277. The van der Waals surface area contributed by atoms with Gasteiger partial charge in [-0.2, -0.15) is 0 Å². The Morgan fingerprint density at radius 3 is 2.43 bits per heavy atom. The van der Waals surface area contributed by atoms with Crippen molar-refractivity contribution in [1.82, 2.24) is 0 Å². The van der Waals surface area contributed by atoms with Crippen molar-refractivity contribution in [2.24, 2.45) is 0 Å². The Bertz CT molecular complexity index is 1140. The summed E-state index contributed by atoms with van der Waals surface area (Å²) in [6.45, 7) is 1.11. The quantitative estimate of drug-likeness (QED) is 0.351. The summed E-state index contributed by atoms with van der Waals surface area (Å²) < 4.78 is 21.9. The van der Waals surface area contributed by atoms with Gasteiger partial charge in [0, 0.05) is 16.3 Å². The van der Waals surface area contributed by atoms with Crippen LogP contribution in [-0.4, -0.2) is 64.8 Å². The second-order valence-electron chi connectivity index (χ2n) is 7.18. The smallest absolute Gasteiger partial charge is 0.344 e. The number of benzene rings is 2. The number of rotatable bonds is 4. The highest BCUT2D eigenvalue weighted by Crippen LogP contribution is 2.34. The van der Waals surface area contributed by atoms with Crippen molar-refractivity contribution in [3.05, 3.63) is 46.3 Å². The van der Waals surface area contributed by atoms with Gasteiger partial charge in [-0.3, -0.25) is 0 Å². The highest BCUT2D eigenvalue weighted by Gasteiger charge is 2.44. The van der Waals surface area contributed by atoms with E-state index in [4.69, 9.17) is 18.6 Å². The van der Waals surface area contributed by atoms with Gasteiger partial charge in [0.1, 0.15) is 41.5 Å². The molecule has 0 saturated carbocycles. The summed E-state index contributed by atoms with van der Waals surface area (Å²) in [5.74, 6) is 0.839. The van der Waals surface area contributed by atoms with Gasteiger partial charge >= 0.3 is 5.63 Å². The molecule has 9 heteroatoms. The van der Waals surface area contributed by atoms with E-state index in [1.54, 1.807) is 37.3 Å². The summed E-state index contributed by atoms with van der Waals surface area (Å²) in [6.07, 6.45) is -7.03. The largest absolute Gasteiger partial charge is 0.497 e. The van der Waals surface area contributed by atoms with Gasteiger partial charge in [0.15, 0.2) is 0 Å². The van der Waals surface area contributed by atoms with E-state index in [-0.39, 0.29) is 5.75 Å². The van der Waals surface area contributed by atoms with Crippen LogP contribution < -0.4 is 15.1 Å². The first-order chi connectivity index (χ1) is 14.3. The molecule has 160 valence electrons. The van der Waals surface area contributed by atoms with Crippen LogP contribution in [0.4, 0.5) is 0 Å². The first kappa shape index (κ1) is 20.6. The van der Waals surface area contributed by atoms with Crippen molar-refractivity contribution < 1.29 is 39.1 Å². The number of methoxy groups -OCH3 is 1. The highest BCUT2D eigenvalue weighted by atomic mass is 16.7. The Kier molecular flexibility index (Phi) is 5.39. The molecule has 0 spiro atoms. The lowest BCUT2D eigenvalue weighted by Crippen LogP contribution is -2.60. The van der Waals surface area contributed by atoms with Crippen molar-refractivity contribution in [3.63, 3.8) is 0 Å². The molecule has 30 heavy (non-hydrogen) atoms. The topological polar surface area (TPSA) is 139 Å². The summed E-state index contributed by atoms with van der Waals surface area (Å²) in [5, 5.41) is 41.1. The minimum absolute atomic E-state index is 0.247. The fourth-order valence-electron chi connectivity index (χ4n) is 3.63. The minimum atomic E-state index is -1.56. The fraction of sp³-hybridized carbons (Fsp3) is 0.381. The highest BCUT2D eigenvalue weighted by molar-refractivity contribution is 6.06. The second-order valence-corrected chi connectivity index (χ2v) is 7.18. The van der Waals surface area contributed by atoms with Crippen LogP contribution in [-0.2, 0) is 4.74 Å². The van der Waals surface area contributed by atoms with Crippen LogP contribution in [0, 0.1) is 6.92 Å². The Morgan fingerprint density at radius 1 is 1.00 bits per heavy atom. The zero-order chi connectivity index (χ0) is 21.6. The molecule has 0 radical (unpaired) electrons. The number of aliphatic hydroxyl groups excluding tert-OH is 4. The van der Waals surface area contributed by atoms with Crippen LogP contribution in [0.3, 0.4) is 0 Å². The molecule has 2 heterocycles. The molecule has 9 nitrogen and oxygen atoms in total. The molecular formula is C21H22O9. The standard InChI is InChI=1S/C21H22O9/c1-9-14(28-21-18(25)17(24)16(23)15(8-22)29-21)6-5-11-13-7-10(27-2)3-4-12(13)20(26)30-19(9)11/h3-7,15-18,21-25H,8H2,1-2H3/t15-,16-,17+,18-,21-/m1/s1. The third-order valence-electron chi connectivity index (χ3n) is 5.38. The van der Waals surface area contributed by atoms with E-state index in [9.17, 15) is 25.2 Å². The normalized spacial score (nSPS) is 26.8. The third kappa shape index (κ3) is 3.30. The maximum absolute atomic E-state index is 12.5. The molecule has 1 fully saturated rings. The molecule has 4 rings (SSSR count). The van der Waals surface area contributed by atoms with Crippen LogP contribution in [0.15, 0.2) is 39.5 Å². The zero-order valence-electron chi connectivity index (χ0n) is 16.3. The van der Waals surface area contributed by atoms with Crippen molar-refractivity contribution in [3.8, 4) is 11.5 Å². The Balaban J connectivity index is 1.77. The van der Waals surface area contributed by atoms with Gasteiger partial charge in [-0.15, -0.1) is 0 Å². The third-order valence-corrected chi connectivity index (χ3v) is 5.38. The molecule has 3 aromatic rings. The fourth-order valence-corrected chi connectivity index (χ4v) is 3.63. The van der Waals surface area contributed by atoms with E-state index in [1.165, 1.54) is 7.11 Å². The van der Waals surface area contributed by atoms with Gasteiger partial charge in [0.25, 0.3) is 0 Å². The van der Waals surface area contributed by atoms with Crippen LogP contribution >= 0.6 is 0 Å². The number of aliphatic hydroxyl groups is 4. The average molecular weight is 418 g/mol. The molecule has 1 aromatic heterocycles. The number of hydrogen-bond donors (Lipinski definition) is 4. The van der Waals surface area contributed by atoms with Crippen molar-refractivity contribution >= 4 is 21.7 Å². The van der Waals surface area contributed by atoms with Gasteiger partial charge < -0.3 is 39.1 Å². The summed E-state index contributed by atoms with van der Waals surface area (Å²) in [4.78, 5) is 12.5. The Morgan fingerprint density at radius 2 is 1.73 bits per heavy atom. The average Bonchev–Trinajstić information content (AvgIpc) is 2.76. The first-order valence-electron chi connectivity index (χ1n) is 9.37. The van der Waals surface area contributed by atoms with E-state index in [2.05, 4.69) is 0 Å². The van der Waals surface area contributed by atoms with E-state index in [1.807, 2.05) is 0 Å². The van der Waals surface area contributed by atoms with E-state index in [0.717, 1.165) is 0 Å². The predicted octanol–water partition coefficient (Wildman–Crippen LogP) is 0.442. The molecule has 5 atom stereocenters. The summed E-state index contributed by atoms with van der Waals surface area (Å²) >= 11 is 0. The monoisotopic (exact) mass is 418 g/mol. The summed E-state index contributed by atoms with van der Waals surface area (Å²) in [6, 6.07) is 8.37. The molecule has 1 saturated heterocycles.